The predicted molar refractivity (Wildman–Crippen MR) is 59.4 cm³/mol. The molecule has 0 saturated carbocycles. The lowest BCUT2D eigenvalue weighted by Gasteiger charge is -2.20. The van der Waals surface area contributed by atoms with Crippen molar-refractivity contribution in [3.05, 3.63) is 30.2 Å². The Morgan fingerprint density at radius 1 is 1.31 bits per heavy atom. The van der Waals surface area contributed by atoms with E-state index in [0.717, 1.165) is 30.8 Å². The molecule has 1 unspecified atom stereocenters. The average molecular weight is 218 g/mol. The summed E-state index contributed by atoms with van der Waals surface area (Å²) in [6.45, 7) is 0.823. The molecule has 1 atom stereocenters. The summed E-state index contributed by atoms with van der Waals surface area (Å²) in [6, 6.07) is 3.45. The van der Waals surface area contributed by atoms with E-state index in [-0.39, 0.29) is 11.9 Å². The van der Waals surface area contributed by atoms with E-state index >= 15 is 0 Å². The van der Waals surface area contributed by atoms with E-state index < -0.39 is 0 Å². The van der Waals surface area contributed by atoms with Crippen LogP contribution in [0.5, 0.6) is 5.75 Å². The van der Waals surface area contributed by atoms with Crippen LogP contribution in [0.15, 0.2) is 24.5 Å². The maximum Gasteiger partial charge on any atom is 0.137 e. The van der Waals surface area contributed by atoms with Gasteiger partial charge in [-0.1, -0.05) is 0 Å². The molecule has 0 spiro atoms. The molecular formula is C12H14N2O2. The quantitative estimate of drug-likeness (QED) is 0.798. The second kappa shape index (κ2) is 3.79. The molecule has 3 heterocycles. The Morgan fingerprint density at radius 3 is 3.06 bits per heavy atom. The van der Waals surface area contributed by atoms with Gasteiger partial charge < -0.3 is 14.2 Å². The Hall–Kier alpha value is -1.55. The zero-order valence-corrected chi connectivity index (χ0v) is 8.97. The molecule has 1 saturated heterocycles. The van der Waals surface area contributed by atoms with Gasteiger partial charge in [-0.15, -0.1) is 0 Å². The monoisotopic (exact) mass is 218 g/mol. The summed E-state index contributed by atoms with van der Waals surface area (Å²) in [5, 5.41) is 9.37. The highest BCUT2D eigenvalue weighted by atomic mass is 16.5. The van der Waals surface area contributed by atoms with Gasteiger partial charge in [-0.2, -0.15) is 0 Å². The van der Waals surface area contributed by atoms with Gasteiger partial charge in [0.05, 0.1) is 11.9 Å². The van der Waals surface area contributed by atoms with E-state index in [4.69, 9.17) is 4.74 Å². The number of pyridine rings is 1. The van der Waals surface area contributed by atoms with E-state index in [9.17, 15) is 5.11 Å². The van der Waals surface area contributed by atoms with Crippen LogP contribution in [0.3, 0.4) is 0 Å². The van der Waals surface area contributed by atoms with Crippen molar-refractivity contribution in [3.8, 4) is 5.75 Å². The summed E-state index contributed by atoms with van der Waals surface area (Å²) in [6.07, 6.45) is 7.10. The Balaban J connectivity index is 1.97. The lowest BCUT2D eigenvalue weighted by Crippen LogP contribution is -2.11. The molecule has 1 fully saturated rings. The van der Waals surface area contributed by atoms with Crippen molar-refractivity contribution >= 4 is 5.65 Å². The third kappa shape index (κ3) is 1.65. The smallest absolute Gasteiger partial charge is 0.137 e. The van der Waals surface area contributed by atoms with Crippen molar-refractivity contribution in [2.75, 3.05) is 6.61 Å². The number of hydrogen-bond acceptors (Lipinski definition) is 3. The molecule has 16 heavy (non-hydrogen) atoms. The first kappa shape index (κ1) is 9.66. The molecule has 4 nitrogen and oxygen atoms in total. The van der Waals surface area contributed by atoms with Crippen LogP contribution in [-0.2, 0) is 4.74 Å². The number of fused-ring (bicyclic) bond motifs is 1. The van der Waals surface area contributed by atoms with Gasteiger partial charge in [0, 0.05) is 12.8 Å². The minimum Gasteiger partial charge on any atom is -0.506 e. The van der Waals surface area contributed by atoms with Crippen LogP contribution in [-0.4, -0.2) is 21.1 Å². The highest BCUT2D eigenvalue weighted by Crippen LogP contribution is 2.27. The van der Waals surface area contributed by atoms with Gasteiger partial charge in [-0.25, -0.2) is 4.98 Å². The van der Waals surface area contributed by atoms with Crippen molar-refractivity contribution in [2.24, 2.45) is 0 Å². The van der Waals surface area contributed by atoms with Crippen LogP contribution in [0.1, 0.15) is 31.1 Å². The summed E-state index contributed by atoms with van der Waals surface area (Å²) in [7, 11) is 0. The molecule has 4 heteroatoms. The van der Waals surface area contributed by atoms with Gasteiger partial charge in [0.15, 0.2) is 0 Å². The predicted octanol–water partition coefficient (Wildman–Crippen LogP) is 2.28. The SMILES string of the molecule is Oc1ccc2nc(C3CCCCO3)cn2c1. The Morgan fingerprint density at radius 2 is 2.25 bits per heavy atom. The van der Waals surface area contributed by atoms with Crippen molar-refractivity contribution < 1.29 is 9.84 Å². The zero-order chi connectivity index (χ0) is 11.0. The molecule has 3 rings (SSSR count). The second-order valence-electron chi connectivity index (χ2n) is 4.17. The summed E-state index contributed by atoms with van der Waals surface area (Å²) in [5.74, 6) is 0.251. The Bertz CT molecular complexity index is 501. The Kier molecular flexibility index (Phi) is 2.29. The lowest BCUT2D eigenvalue weighted by atomic mass is 10.1. The molecule has 0 amide bonds. The van der Waals surface area contributed by atoms with Crippen LogP contribution in [0.2, 0.25) is 0 Å². The molecule has 1 aliphatic heterocycles. The number of nitrogens with zero attached hydrogens (tertiary/aromatic N) is 2. The third-order valence-electron chi connectivity index (χ3n) is 2.96. The van der Waals surface area contributed by atoms with Gasteiger partial charge in [-0.05, 0) is 31.4 Å². The fourth-order valence-corrected chi connectivity index (χ4v) is 2.13. The standard InChI is InChI=1S/C12H14N2O2/c15-9-4-5-12-13-10(8-14(12)7-9)11-3-1-2-6-16-11/h4-5,7-8,11,15H,1-3,6H2. The van der Waals surface area contributed by atoms with Crippen molar-refractivity contribution in [3.63, 3.8) is 0 Å². The average Bonchev–Trinajstić information content (AvgIpc) is 2.73. The second-order valence-corrected chi connectivity index (χ2v) is 4.17. The first-order chi connectivity index (χ1) is 7.83. The third-order valence-corrected chi connectivity index (χ3v) is 2.96. The van der Waals surface area contributed by atoms with Gasteiger partial charge in [-0.3, -0.25) is 0 Å². The Labute approximate surface area is 93.5 Å². The number of imidazole rings is 1. The minimum atomic E-state index is 0.121. The van der Waals surface area contributed by atoms with E-state index in [1.54, 1.807) is 12.3 Å². The van der Waals surface area contributed by atoms with E-state index in [1.807, 2.05) is 16.7 Å². The summed E-state index contributed by atoms with van der Waals surface area (Å²) in [5.41, 5.74) is 1.81. The van der Waals surface area contributed by atoms with E-state index in [2.05, 4.69) is 4.98 Å². The van der Waals surface area contributed by atoms with Gasteiger partial charge >= 0.3 is 0 Å². The molecule has 0 bridgehead atoms. The van der Waals surface area contributed by atoms with Crippen molar-refractivity contribution in [1.82, 2.24) is 9.38 Å². The molecule has 2 aromatic rings. The van der Waals surface area contributed by atoms with Gasteiger partial charge in [0.1, 0.15) is 17.5 Å². The maximum atomic E-state index is 9.37. The van der Waals surface area contributed by atoms with E-state index in [1.165, 1.54) is 6.42 Å². The molecule has 2 aromatic heterocycles. The first-order valence-electron chi connectivity index (χ1n) is 5.62. The summed E-state index contributed by atoms with van der Waals surface area (Å²) >= 11 is 0. The van der Waals surface area contributed by atoms with Crippen LogP contribution in [0.4, 0.5) is 0 Å². The molecule has 0 aliphatic carbocycles. The van der Waals surface area contributed by atoms with Crippen LogP contribution >= 0.6 is 0 Å². The topological polar surface area (TPSA) is 46.8 Å². The lowest BCUT2D eigenvalue weighted by molar-refractivity contribution is 0.0126. The fraction of sp³-hybridized carbons (Fsp3) is 0.417. The molecule has 0 aromatic carbocycles. The van der Waals surface area contributed by atoms with Gasteiger partial charge in [0.25, 0.3) is 0 Å². The fourth-order valence-electron chi connectivity index (χ4n) is 2.13. The maximum absolute atomic E-state index is 9.37. The zero-order valence-electron chi connectivity index (χ0n) is 8.97. The summed E-state index contributed by atoms with van der Waals surface area (Å²) in [4.78, 5) is 4.50. The highest BCUT2D eigenvalue weighted by molar-refractivity contribution is 5.43. The largest absolute Gasteiger partial charge is 0.506 e. The van der Waals surface area contributed by atoms with Crippen LogP contribution in [0, 0.1) is 0 Å². The van der Waals surface area contributed by atoms with Crippen molar-refractivity contribution in [1.29, 1.82) is 0 Å². The van der Waals surface area contributed by atoms with Crippen LogP contribution < -0.4 is 0 Å². The molecule has 1 aliphatic rings. The summed E-state index contributed by atoms with van der Waals surface area (Å²) < 4.78 is 7.52. The molecular weight excluding hydrogens is 204 g/mol. The number of aromatic nitrogens is 2. The minimum absolute atomic E-state index is 0.121. The normalized spacial score (nSPS) is 21.4. The number of rotatable bonds is 1. The van der Waals surface area contributed by atoms with Gasteiger partial charge in [0.2, 0.25) is 0 Å². The van der Waals surface area contributed by atoms with E-state index in [0.29, 0.717) is 0 Å². The van der Waals surface area contributed by atoms with Crippen LogP contribution in [0.25, 0.3) is 5.65 Å². The highest BCUT2D eigenvalue weighted by Gasteiger charge is 2.18. The number of ether oxygens (including phenoxy) is 1. The van der Waals surface area contributed by atoms with Crippen molar-refractivity contribution in [2.45, 2.75) is 25.4 Å². The first-order valence-corrected chi connectivity index (χ1v) is 5.62. The molecule has 1 N–H and O–H groups in total. The molecule has 84 valence electrons. The molecule has 0 radical (unpaired) electrons. The number of hydrogen-bond donors (Lipinski definition) is 1. The number of aromatic hydroxyl groups is 1.